The van der Waals surface area contributed by atoms with Gasteiger partial charge in [-0.1, -0.05) is 97.3 Å². The smallest absolute Gasteiger partial charge is 0.267 e. The average Bonchev–Trinajstić information content (AvgIpc) is 2.58. The molecule has 158 valence electrons. The monoisotopic (exact) mass is 392 g/mol. The van der Waals surface area contributed by atoms with Gasteiger partial charge >= 0.3 is 0 Å². The fraction of sp³-hybridized carbons (Fsp3) is 1.00. The van der Waals surface area contributed by atoms with Gasteiger partial charge in [0.15, 0.2) is 0 Å². The fourth-order valence-corrected chi connectivity index (χ4v) is 4.40. The van der Waals surface area contributed by atoms with Crippen molar-refractivity contribution in [3.05, 3.63) is 0 Å². The first kappa shape index (κ1) is 25.9. The van der Waals surface area contributed by atoms with E-state index in [0.717, 1.165) is 70.6 Å². The predicted octanol–water partition coefficient (Wildman–Crippen LogP) is 6.28. The molecule has 2 N–H and O–H groups in total. The Balaban J connectivity index is 3.70. The van der Waals surface area contributed by atoms with E-state index in [4.69, 9.17) is 0 Å². The third-order valence-corrected chi connectivity index (χ3v) is 6.57. The van der Waals surface area contributed by atoms with E-state index in [1.807, 2.05) is 0 Å². The summed E-state index contributed by atoms with van der Waals surface area (Å²) in [6, 6.07) is 0. The molecule has 0 aromatic rings. The van der Waals surface area contributed by atoms with Gasteiger partial charge in [-0.2, -0.15) is 8.42 Å². The SMILES string of the molecule is CCCCCCCC(O)CCCCCCC(CCCCCC)S(=O)(=O)O. The topological polar surface area (TPSA) is 74.6 Å². The lowest BCUT2D eigenvalue weighted by atomic mass is 10.0. The molecule has 4 nitrogen and oxygen atoms in total. The highest BCUT2D eigenvalue weighted by Gasteiger charge is 2.21. The van der Waals surface area contributed by atoms with Gasteiger partial charge in [0.2, 0.25) is 0 Å². The quantitative estimate of drug-likeness (QED) is 0.200. The minimum Gasteiger partial charge on any atom is -0.393 e. The summed E-state index contributed by atoms with van der Waals surface area (Å²) < 4.78 is 32.4. The molecule has 0 aromatic heterocycles. The summed E-state index contributed by atoms with van der Waals surface area (Å²) in [5.41, 5.74) is 0. The molecule has 0 spiro atoms. The first-order valence-electron chi connectivity index (χ1n) is 11.1. The van der Waals surface area contributed by atoms with Gasteiger partial charge < -0.3 is 5.11 Å². The maximum Gasteiger partial charge on any atom is 0.267 e. The largest absolute Gasteiger partial charge is 0.393 e. The van der Waals surface area contributed by atoms with E-state index >= 15 is 0 Å². The van der Waals surface area contributed by atoms with E-state index in [2.05, 4.69) is 13.8 Å². The second-order valence-corrected chi connectivity index (χ2v) is 9.53. The summed E-state index contributed by atoms with van der Waals surface area (Å²) >= 11 is 0. The normalized spacial score (nSPS) is 14.5. The highest BCUT2D eigenvalue weighted by Crippen LogP contribution is 2.19. The zero-order valence-electron chi connectivity index (χ0n) is 17.3. The zero-order valence-corrected chi connectivity index (χ0v) is 18.1. The Bertz CT molecular complexity index is 395. The lowest BCUT2D eigenvalue weighted by Gasteiger charge is -2.14. The van der Waals surface area contributed by atoms with Gasteiger partial charge in [-0.15, -0.1) is 0 Å². The van der Waals surface area contributed by atoms with E-state index in [1.165, 1.54) is 25.7 Å². The van der Waals surface area contributed by atoms with Crippen molar-refractivity contribution in [1.82, 2.24) is 0 Å². The molecule has 0 aliphatic carbocycles. The Morgan fingerprint density at radius 2 is 0.962 bits per heavy atom. The Labute approximate surface area is 162 Å². The number of aliphatic hydroxyl groups is 1. The Morgan fingerprint density at radius 1 is 0.615 bits per heavy atom. The van der Waals surface area contributed by atoms with Crippen LogP contribution in [0.4, 0.5) is 0 Å². The summed E-state index contributed by atoms with van der Waals surface area (Å²) in [5.74, 6) is 0. The predicted molar refractivity (Wildman–Crippen MR) is 111 cm³/mol. The summed E-state index contributed by atoms with van der Waals surface area (Å²) in [6.07, 6.45) is 16.9. The molecule has 0 saturated heterocycles. The van der Waals surface area contributed by atoms with E-state index in [1.54, 1.807) is 0 Å². The summed E-state index contributed by atoms with van der Waals surface area (Å²) in [7, 11) is -3.92. The standard InChI is InChI=1S/C21H44O4S/c1-3-5-7-9-12-16-20(22)17-13-10-11-15-19-21(26(23,24)25)18-14-8-6-4-2/h20-22H,3-19H2,1-2H3,(H,23,24,25). The molecule has 0 aliphatic rings. The number of hydrogen-bond donors (Lipinski definition) is 2. The van der Waals surface area contributed by atoms with E-state index in [-0.39, 0.29) is 6.10 Å². The summed E-state index contributed by atoms with van der Waals surface area (Å²) in [6.45, 7) is 4.34. The van der Waals surface area contributed by atoms with Crippen molar-refractivity contribution < 1.29 is 18.1 Å². The third-order valence-electron chi connectivity index (χ3n) is 5.26. The lowest BCUT2D eigenvalue weighted by Crippen LogP contribution is -2.20. The molecule has 2 atom stereocenters. The fourth-order valence-electron chi connectivity index (χ4n) is 3.47. The molecule has 2 unspecified atom stereocenters. The maximum atomic E-state index is 11.5. The van der Waals surface area contributed by atoms with Gasteiger partial charge in [-0.3, -0.25) is 4.55 Å². The number of rotatable bonds is 19. The van der Waals surface area contributed by atoms with Crippen molar-refractivity contribution in [2.24, 2.45) is 0 Å². The minimum atomic E-state index is -3.92. The highest BCUT2D eigenvalue weighted by atomic mass is 32.2. The van der Waals surface area contributed by atoms with Crippen LogP contribution in [0, 0.1) is 0 Å². The Morgan fingerprint density at radius 3 is 1.35 bits per heavy atom. The number of aliphatic hydroxyl groups excluding tert-OH is 1. The lowest BCUT2D eigenvalue weighted by molar-refractivity contribution is 0.147. The molecule has 0 bridgehead atoms. The Kier molecular flexibility index (Phi) is 16.9. The van der Waals surface area contributed by atoms with Gasteiger partial charge in [0.05, 0.1) is 11.4 Å². The summed E-state index contributed by atoms with van der Waals surface area (Å²) in [5, 5.41) is 9.40. The zero-order chi connectivity index (χ0) is 19.7. The molecule has 0 rings (SSSR count). The van der Waals surface area contributed by atoms with Gasteiger partial charge in [-0.05, 0) is 25.7 Å². The minimum absolute atomic E-state index is 0.180. The van der Waals surface area contributed by atoms with E-state index < -0.39 is 15.4 Å². The summed E-state index contributed by atoms with van der Waals surface area (Å²) in [4.78, 5) is 0. The molecular formula is C21H44O4S. The van der Waals surface area contributed by atoms with Crippen LogP contribution in [-0.2, 0) is 10.1 Å². The molecule has 0 fully saturated rings. The molecule has 0 radical (unpaired) electrons. The van der Waals surface area contributed by atoms with E-state index in [9.17, 15) is 18.1 Å². The van der Waals surface area contributed by atoms with Crippen LogP contribution in [0.1, 0.15) is 123 Å². The molecule has 0 aliphatic heterocycles. The van der Waals surface area contributed by atoms with Crippen LogP contribution >= 0.6 is 0 Å². The molecule has 0 saturated carbocycles. The van der Waals surface area contributed by atoms with Crippen LogP contribution in [0.3, 0.4) is 0 Å². The number of unbranched alkanes of at least 4 members (excludes halogenated alkanes) is 10. The van der Waals surface area contributed by atoms with Crippen LogP contribution in [0.15, 0.2) is 0 Å². The second-order valence-electron chi connectivity index (χ2n) is 7.83. The maximum absolute atomic E-state index is 11.5. The van der Waals surface area contributed by atoms with Gasteiger partial charge in [0, 0.05) is 0 Å². The van der Waals surface area contributed by atoms with Gasteiger partial charge in [0.1, 0.15) is 0 Å². The Hall–Kier alpha value is -0.130. The van der Waals surface area contributed by atoms with E-state index in [0.29, 0.717) is 12.8 Å². The van der Waals surface area contributed by atoms with Crippen LogP contribution in [0.25, 0.3) is 0 Å². The number of hydrogen-bond acceptors (Lipinski definition) is 3. The van der Waals surface area contributed by atoms with Crippen LogP contribution < -0.4 is 0 Å². The highest BCUT2D eigenvalue weighted by molar-refractivity contribution is 7.86. The van der Waals surface area contributed by atoms with Crippen molar-refractivity contribution in [2.75, 3.05) is 0 Å². The van der Waals surface area contributed by atoms with Crippen molar-refractivity contribution >= 4 is 10.1 Å². The molecule has 26 heavy (non-hydrogen) atoms. The molecule has 0 amide bonds. The molecular weight excluding hydrogens is 348 g/mol. The van der Waals surface area contributed by atoms with Crippen molar-refractivity contribution in [2.45, 2.75) is 134 Å². The first-order valence-corrected chi connectivity index (χ1v) is 12.6. The average molecular weight is 393 g/mol. The second kappa shape index (κ2) is 17.0. The first-order chi connectivity index (χ1) is 12.4. The van der Waals surface area contributed by atoms with Crippen LogP contribution in [-0.4, -0.2) is 29.4 Å². The van der Waals surface area contributed by atoms with Gasteiger partial charge in [0.25, 0.3) is 10.1 Å². The van der Waals surface area contributed by atoms with Crippen LogP contribution in [0.2, 0.25) is 0 Å². The van der Waals surface area contributed by atoms with Crippen molar-refractivity contribution in [3.8, 4) is 0 Å². The van der Waals surface area contributed by atoms with Crippen molar-refractivity contribution in [3.63, 3.8) is 0 Å². The molecule has 0 aromatic carbocycles. The van der Waals surface area contributed by atoms with Gasteiger partial charge in [-0.25, -0.2) is 0 Å². The van der Waals surface area contributed by atoms with Crippen LogP contribution in [0.5, 0.6) is 0 Å². The van der Waals surface area contributed by atoms with Crippen molar-refractivity contribution in [1.29, 1.82) is 0 Å². The molecule has 0 heterocycles. The third kappa shape index (κ3) is 16.1. The molecule has 5 heteroatoms.